The summed E-state index contributed by atoms with van der Waals surface area (Å²) in [6.45, 7) is 3.45. The molecule has 1 aromatic heterocycles. The van der Waals surface area contributed by atoms with Crippen LogP contribution in [0.4, 0.5) is 16.4 Å². The Morgan fingerprint density at radius 2 is 1.62 bits per heavy atom. The predicted molar refractivity (Wildman–Crippen MR) is 121 cm³/mol. The summed E-state index contributed by atoms with van der Waals surface area (Å²) >= 11 is 0.941. The number of aryl methyl sites for hydroxylation is 1. The van der Waals surface area contributed by atoms with Gasteiger partial charge < -0.3 is 15.4 Å². The van der Waals surface area contributed by atoms with E-state index in [2.05, 4.69) is 10.6 Å². The van der Waals surface area contributed by atoms with Gasteiger partial charge in [0.2, 0.25) is 0 Å². The number of anilines is 2. The Labute approximate surface area is 187 Å². The number of rotatable bonds is 6. The molecule has 1 heterocycles. The van der Waals surface area contributed by atoms with Gasteiger partial charge in [0.1, 0.15) is 5.00 Å². The second-order valence-electron chi connectivity index (χ2n) is 6.78. The highest BCUT2D eigenvalue weighted by molar-refractivity contribution is 7.19. The Morgan fingerprint density at radius 3 is 2.22 bits per heavy atom. The van der Waals surface area contributed by atoms with Crippen LogP contribution in [0.2, 0.25) is 0 Å². The molecule has 0 aliphatic carbocycles. The summed E-state index contributed by atoms with van der Waals surface area (Å²) in [7, 11) is 1.20. The van der Waals surface area contributed by atoms with Gasteiger partial charge in [0, 0.05) is 23.4 Å². The van der Waals surface area contributed by atoms with E-state index in [9.17, 15) is 24.5 Å². The number of methoxy groups -OCH3 is 1. The number of esters is 1. The lowest BCUT2D eigenvalue weighted by atomic mass is 10.1. The zero-order valence-corrected chi connectivity index (χ0v) is 18.2. The maximum atomic E-state index is 12.9. The third-order valence-corrected chi connectivity index (χ3v) is 5.91. The van der Waals surface area contributed by atoms with Crippen molar-refractivity contribution in [3.8, 4) is 0 Å². The van der Waals surface area contributed by atoms with Crippen molar-refractivity contribution in [2.24, 2.45) is 0 Å². The Bertz CT molecular complexity index is 1220. The fourth-order valence-electron chi connectivity index (χ4n) is 2.97. The molecule has 0 spiro atoms. The average Bonchev–Trinajstić information content (AvgIpc) is 3.10. The van der Waals surface area contributed by atoms with Crippen molar-refractivity contribution in [1.29, 1.82) is 0 Å². The van der Waals surface area contributed by atoms with Crippen molar-refractivity contribution in [3.05, 3.63) is 85.8 Å². The first-order valence-corrected chi connectivity index (χ1v) is 10.2. The van der Waals surface area contributed by atoms with Crippen molar-refractivity contribution >= 4 is 45.5 Å². The zero-order valence-electron chi connectivity index (χ0n) is 17.4. The molecule has 0 aliphatic heterocycles. The first-order chi connectivity index (χ1) is 15.2. The molecule has 2 aromatic carbocycles. The van der Waals surface area contributed by atoms with E-state index in [1.807, 2.05) is 19.1 Å². The number of nitrogens with one attached hydrogen (secondary N) is 2. The summed E-state index contributed by atoms with van der Waals surface area (Å²) in [4.78, 5) is 48.4. The molecule has 0 radical (unpaired) electrons. The Balaban J connectivity index is 1.92. The summed E-state index contributed by atoms with van der Waals surface area (Å²) in [5.41, 5.74) is 1.94. The van der Waals surface area contributed by atoms with Gasteiger partial charge >= 0.3 is 5.97 Å². The normalized spacial score (nSPS) is 10.3. The van der Waals surface area contributed by atoms with E-state index in [1.54, 1.807) is 19.1 Å². The minimum absolute atomic E-state index is 0.0719. The molecule has 0 unspecified atom stereocenters. The second kappa shape index (κ2) is 9.40. The number of thiophene rings is 1. The van der Waals surface area contributed by atoms with Crippen LogP contribution in [0, 0.1) is 24.0 Å². The number of ether oxygens (including phenoxy) is 1. The first-order valence-electron chi connectivity index (χ1n) is 9.37. The van der Waals surface area contributed by atoms with E-state index in [4.69, 9.17) is 4.74 Å². The van der Waals surface area contributed by atoms with Crippen LogP contribution in [0.1, 0.15) is 41.5 Å². The molecular formula is C22H19N3O6S. The zero-order chi connectivity index (χ0) is 23.4. The summed E-state index contributed by atoms with van der Waals surface area (Å²) < 4.78 is 4.83. The minimum Gasteiger partial charge on any atom is -0.465 e. The van der Waals surface area contributed by atoms with Gasteiger partial charge in [-0.15, -0.1) is 11.3 Å². The molecule has 0 atom stereocenters. The molecule has 3 rings (SSSR count). The lowest BCUT2D eigenvalue weighted by molar-refractivity contribution is -0.384. The third-order valence-electron chi connectivity index (χ3n) is 4.70. The third kappa shape index (κ3) is 4.65. The van der Waals surface area contributed by atoms with Crippen molar-refractivity contribution in [1.82, 2.24) is 0 Å². The molecule has 0 aliphatic rings. The summed E-state index contributed by atoms with van der Waals surface area (Å²) in [5, 5.41) is 16.4. The van der Waals surface area contributed by atoms with Gasteiger partial charge in [0.05, 0.1) is 22.5 Å². The van der Waals surface area contributed by atoms with Crippen LogP contribution in [-0.4, -0.2) is 29.8 Å². The molecule has 0 fully saturated rings. The maximum absolute atomic E-state index is 12.9. The highest BCUT2D eigenvalue weighted by Crippen LogP contribution is 2.35. The van der Waals surface area contributed by atoms with E-state index >= 15 is 0 Å². The van der Waals surface area contributed by atoms with Crippen LogP contribution in [-0.2, 0) is 4.74 Å². The van der Waals surface area contributed by atoms with Crippen LogP contribution in [0.25, 0.3) is 0 Å². The molecule has 0 bridgehead atoms. The fraction of sp³-hybridized carbons (Fsp3) is 0.136. The summed E-state index contributed by atoms with van der Waals surface area (Å²) in [5.74, 6) is -1.72. The number of carbonyl (C=O) groups is 3. The van der Waals surface area contributed by atoms with Crippen LogP contribution < -0.4 is 10.6 Å². The van der Waals surface area contributed by atoms with Gasteiger partial charge in [0.15, 0.2) is 0 Å². The van der Waals surface area contributed by atoms with Crippen LogP contribution in [0.15, 0.2) is 48.5 Å². The second-order valence-corrected chi connectivity index (χ2v) is 7.80. The van der Waals surface area contributed by atoms with Gasteiger partial charge in [-0.2, -0.15) is 0 Å². The molecule has 32 heavy (non-hydrogen) atoms. The smallest absolute Gasteiger partial charge is 0.341 e. The molecule has 10 heteroatoms. The number of para-hydroxylation sites is 1. The maximum Gasteiger partial charge on any atom is 0.341 e. The number of nitrogens with zero attached hydrogens (tertiary/aromatic N) is 1. The van der Waals surface area contributed by atoms with Crippen molar-refractivity contribution in [2.45, 2.75) is 13.8 Å². The van der Waals surface area contributed by atoms with Gasteiger partial charge in [-0.25, -0.2) is 4.79 Å². The van der Waals surface area contributed by atoms with Crippen LogP contribution >= 0.6 is 11.3 Å². The number of nitro groups is 1. The highest BCUT2D eigenvalue weighted by Gasteiger charge is 2.27. The Hall–Kier alpha value is -4.05. The van der Waals surface area contributed by atoms with E-state index < -0.39 is 22.7 Å². The van der Waals surface area contributed by atoms with E-state index in [0.29, 0.717) is 11.3 Å². The highest BCUT2D eigenvalue weighted by atomic mass is 32.1. The van der Waals surface area contributed by atoms with E-state index in [0.717, 1.165) is 16.9 Å². The van der Waals surface area contributed by atoms with Gasteiger partial charge in [-0.05, 0) is 43.2 Å². The molecule has 2 amide bonds. The quantitative estimate of drug-likeness (QED) is 0.320. The van der Waals surface area contributed by atoms with Crippen molar-refractivity contribution in [3.63, 3.8) is 0 Å². The molecule has 3 aromatic rings. The van der Waals surface area contributed by atoms with Crippen molar-refractivity contribution < 1.29 is 24.0 Å². The van der Waals surface area contributed by atoms with Gasteiger partial charge in [-0.1, -0.05) is 18.2 Å². The molecule has 164 valence electrons. The average molecular weight is 453 g/mol. The minimum atomic E-state index is -0.701. The standard InChI is InChI=1S/C22H19N3O6S/c1-12-6-4-5-7-16(12)23-20(27)18-13(2)17(22(28)31-3)21(32-18)24-19(26)14-8-10-15(11-9-14)25(29)30/h4-11H,1-3H3,(H,23,27)(H,24,26). The number of hydrogen-bond donors (Lipinski definition) is 2. The number of non-ortho nitro benzene ring substituents is 1. The monoisotopic (exact) mass is 453 g/mol. The van der Waals surface area contributed by atoms with E-state index in [1.165, 1.54) is 31.4 Å². The summed E-state index contributed by atoms with van der Waals surface area (Å²) in [6.07, 6.45) is 0. The first kappa shape index (κ1) is 22.6. The van der Waals surface area contributed by atoms with Gasteiger partial charge in [-0.3, -0.25) is 19.7 Å². The molecule has 9 nitrogen and oxygen atoms in total. The summed E-state index contributed by atoms with van der Waals surface area (Å²) in [6, 6.07) is 12.3. The molecule has 0 saturated carbocycles. The molecular weight excluding hydrogens is 434 g/mol. The largest absolute Gasteiger partial charge is 0.465 e. The lowest BCUT2D eigenvalue weighted by Crippen LogP contribution is -2.14. The lowest BCUT2D eigenvalue weighted by Gasteiger charge is -2.07. The van der Waals surface area contributed by atoms with E-state index in [-0.39, 0.29) is 26.7 Å². The number of carbonyl (C=O) groups excluding carboxylic acids is 3. The Morgan fingerprint density at radius 1 is 0.969 bits per heavy atom. The van der Waals surface area contributed by atoms with Crippen molar-refractivity contribution in [2.75, 3.05) is 17.7 Å². The number of benzene rings is 2. The fourth-order valence-corrected chi connectivity index (χ4v) is 4.05. The predicted octanol–water partition coefficient (Wildman–Crippen LogP) is 4.56. The van der Waals surface area contributed by atoms with Crippen LogP contribution in [0.5, 0.6) is 0 Å². The Kier molecular flexibility index (Phi) is 6.64. The number of nitro benzene ring substituents is 1. The van der Waals surface area contributed by atoms with Crippen LogP contribution in [0.3, 0.4) is 0 Å². The van der Waals surface area contributed by atoms with Gasteiger partial charge in [0.25, 0.3) is 17.5 Å². The molecule has 2 N–H and O–H groups in total. The molecule has 0 saturated heterocycles. The SMILES string of the molecule is COC(=O)c1c(NC(=O)c2ccc([N+](=O)[O-])cc2)sc(C(=O)Nc2ccccc2C)c1C. The topological polar surface area (TPSA) is 128 Å². The number of amides is 2. The number of hydrogen-bond acceptors (Lipinski definition) is 7.